The van der Waals surface area contributed by atoms with Gasteiger partial charge >= 0.3 is 0 Å². The molecule has 0 aliphatic carbocycles. The van der Waals surface area contributed by atoms with E-state index in [1.807, 2.05) is 24.3 Å². The van der Waals surface area contributed by atoms with Crippen molar-refractivity contribution in [3.8, 4) is 0 Å². The topological polar surface area (TPSA) is 20.2 Å². The summed E-state index contributed by atoms with van der Waals surface area (Å²) in [5.41, 5.74) is 1.03. The smallest absolute Gasteiger partial charge is 0.0820 e. The lowest BCUT2D eigenvalue weighted by atomic mass is 9.77. The molecule has 84 valence electrons. The number of aliphatic hydroxyl groups excluding tert-OH is 1. The first-order chi connectivity index (χ1) is 6.82. The number of aliphatic hydroxyl groups is 1. The lowest BCUT2D eigenvalue weighted by Gasteiger charge is -2.31. The van der Waals surface area contributed by atoms with Crippen LogP contribution in [0.2, 0.25) is 5.02 Å². The maximum Gasteiger partial charge on any atom is 0.0820 e. The van der Waals surface area contributed by atoms with E-state index in [1.165, 1.54) is 0 Å². The minimum atomic E-state index is -0.428. The molecule has 0 saturated heterocycles. The second-order valence-electron chi connectivity index (χ2n) is 5.15. The predicted octanol–water partition coefficient (Wildman–Crippen LogP) is 4.06. The fourth-order valence-corrected chi connectivity index (χ4v) is 1.55. The molecule has 0 bridgehead atoms. The van der Waals surface area contributed by atoms with Crippen LogP contribution in [0.3, 0.4) is 0 Å². The highest BCUT2D eigenvalue weighted by atomic mass is 35.5. The number of hydrogen-bond donors (Lipinski definition) is 1. The first-order valence-electron chi connectivity index (χ1n) is 5.26. The van der Waals surface area contributed by atoms with E-state index in [2.05, 4.69) is 27.7 Å². The van der Waals surface area contributed by atoms with Crippen LogP contribution >= 0.6 is 11.6 Å². The van der Waals surface area contributed by atoms with Gasteiger partial charge < -0.3 is 5.11 Å². The highest BCUT2D eigenvalue weighted by Gasteiger charge is 2.27. The van der Waals surface area contributed by atoms with Crippen molar-refractivity contribution in [2.45, 2.75) is 33.8 Å². The van der Waals surface area contributed by atoms with Crippen molar-refractivity contribution in [1.29, 1.82) is 0 Å². The van der Waals surface area contributed by atoms with Crippen molar-refractivity contribution in [2.75, 3.05) is 0 Å². The molecule has 1 aromatic carbocycles. The van der Waals surface area contributed by atoms with Crippen molar-refractivity contribution < 1.29 is 5.11 Å². The van der Waals surface area contributed by atoms with Gasteiger partial charge in [0.15, 0.2) is 0 Å². The fraction of sp³-hybridized carbons (Fsp3) is 0.538. The Labute approximate surface area is 97.1 Å². The number of hydrogen-bond acceptors (Lipinski definition) is 1. The highest BCUT2D eigenvalue weighted by molar-refractivity contribution is 6.30. The Morgan fingerprint density at radius 2 is 1.60 bits per heavy atom. The fourth-order valence-electron chi connectivity index (χ4n) is 1.42. The molecule has 1 N–H and O–H groups in total. The molecule has 0 aliphatic heterocycles. The zero-order valence-corrected chi connectivity index (χ0v) is 10.5. The molecule has 2 atom stereocenters. The zero-order valence-electron chi connectivity index (χ0n) is 9.79. The van der Waals surface area contributed by atoms with Crippen molar-refractivity contribution in [2.24, 2.45) is 11.3 Å². The summed E-state index contributed by atoms with van der Waals surface area (Å²) in [4.78, 5) is 0. The first kappa shape index (κ1) is 12.5. The van der Waals surface area contributed by atoms with Crippen LogP contribution in [-0.4, -0.2) is 5.11 Å². The van der Waals surface area contributed by atoms with E-state index in [4.69, 9.17) is 11.6 Å². The Kier molecular flexibility index (Phi) is 3.80. The summed E-state index contributed by atoms with van der Waals surface area (Å²) in [5, 5.41) is 10.9. The minimum Gasteiger partial charge on any atom is -0.388 e. The molecule has 15 heavy (non-hydrogen) atoms. The van der Waals surface area contributed by atoms with Crippen LogP contribution in [-0.2, 0) is 0 Å². The lowest BCUT2D eigenvalue weighted by Crippen LogP contribution is -2.24. The summed E-state index contributed by atoms with van der Waals surface area (Å²) < 4.78 is 0. The zero-order chi connectivity index (χ0) is 11.6. The van der Waals surface area contributed by atoms with E-state index >= 15 is 0 Å². The van der Waals surface area contributed by atoms with Gasteiger partial charge in [0.05, 0.1) is 6.10 Å². The third kappa shape index (κ3) is 3.22. The molecule has 0 amide bonds. The summed E-state index contributed by atoms with van der Waals surface area (Å²) >= 11 is 5.80. The van der Waals surface area contributed by atoms with E-state index in [0.717, 1.165) is 5.56 Å². The van der Waals surface area contributed by atoms with Gasteiger partial charge in [-0.05, 0) is 29.0 Å². The minimum absolute atomic E-state index is 0.0963. The van der Waals surface area contributed by atoms with Gasteiger partial charge in [0.25, 0.3) is 0 Å². The van der Waals surface area contributed by atoms with E-state index in [1.54, 1.807) is 0 Å². The Balaban J connectivity index is 2.85. The molecule has 0 aliphatic rings. The van der Waals surface area contributed by atoms with Gasteiger partial charge in [0.1, 0.15) is 0 Å². The molecule has 0 saturated carbocycles. The molecule has 1 nitrogen and oxygen atoms in total. The molecule has 2 unspecified atom stereocenters. The third-order valence-corrected chi connectivity index (χ3v) is 3.30. The molecule has 0 heterocycles. The Bertz CT molecular complexity index is 310. The molecule has 0 spiro atoms. The maximum atomic E-state index is 10.2. The van der Waals surface area contributed by atoms with Crippen LogP contribution in [0.5, 0.6) is 0 Å². The SMILES string of the molecule is CC(C(O)c1ccc(Cl)cc1)C(C)(C)C. The Hall–Kier alpha value is -0.530. The van der Waals surface area contributed by atoms with Gasteiger partial charge in [-0.25, -0.2) is 0 Å². The number of benzene rings is 1. The molecular weight excluding hydrogens is 208 g/mol. The number of rotatable bonds is 2. The third-order valence-electron chi connectivity index (χ3n) is 3.05. The van der Waals surface area contributed by atoms with Crippen molar-refractivity contribution in [1.82, 2.24) is 0 Å². The van der Waals surface area contributed by atoms with Gasteiger partial charge in [-0.15, -0.1) is 0 Å². The van der Waals surface area contributed by atoms with Crippen LogP contribution in [0.4, 0.5) is 0 Å². The summed E-state index contributed by atoms with van der Waals surface area (Å²) in [6.45, 7) is 8.48. The molecular formula is C13H19ClO. The molecule has 2 heteroatoms. The maximum absolute atomic E-state index is 10.2. The summed E-state index contributed by atoms with van der Waals surface area (Å²) in [6.07, 6.45) is -0.428. The lowest BCUT2D eigenvalue weighted by molar-refractivity contribution is 0.0535. The second kappa shape index (κ2) is 4.54. The van der Waals surface area contributed by atoms with Crippen molar-refractivity contribution in [3.05, 3.63) is 34.9 Å². The van der Waals surface area contributed by atoms with Gasteiger partial charge in [-0.1, -0.05) is 51.4 Å². The summed E-state index contributed by atoms with van der Waals surface area (Å²) in [7, 11) is 0. The van der Waals surface area contributed by atoms with Crippen LogP contribution in [0, 0.1) is 11.3 Å². The largest absolute Gasteiger partial charge is 0.388 e. The van der Waals surface area contributed by atoms with Crippen LogP contribution in [0.15, 0.2) is 24.3 Å². The molecule has 1 rings (SSSR count). The normalized spacial score (nSPS) is 16.1. The van der Waals surface area contributed by atoms with E-state index in [0.29, 0.717) is 5.02 Å². The first-order valence-corrected chi connectivity index (χ1v) is 5.63. The Morgan fingerprint density at radius 3 is 2.00 bits per heavy atom. The average molecular weight is 227 g/mol. The summed E-state index contributed by atoms with van der Waals surface area (Å²) in [6, 6.07) is 7.40. The molecule has 1 aromatic rings. The van der Waals surface area contributed by atoms with Crippen molar-refractivity contribution >= 4 is 11.6 Å². The summed E-state index contributed by atoms with van der Waals surface area (Å²) in [5.74, 6) is 0.207. The van der Waals surface area contributed by atoms with E-state index < -0.39 is 6.10 Å². The monoisotopic (exact) mass is 226 g/mol. The van der Waals surface area contributed by atoms with E-state index in [9.17, 15) is 5.11 Å². The van der Waals surface area contributed by atoms with Gasteiger partial charge in [0.2, 0.25) is 0 Å². The van der Waals surface area contributed by atoms with Gasteiger partial charge in [0, 0.05) is 5.02 Å². The highest BCUT2D eigenvalue weighted by Crippen LogP contribution is 2.35. The van der Waals surface area contributed by atoms with Crippen molar-refractivity contribution in [3.63, 3.8) is 0 Å². The van der Waals surface area contributed by atoms with Gasteiger partial charge in [-0.3, -0.25) is 0 Å². The van der Waals surface area contributed by atoms with Crippen LogP contribution in [0.1, 0.15) is 39.4 Å². The predicted molar refractivity (Wildman–Crippen MR) is 65.0 cm³/mol. The molecule has 0 aromatic heterocycles. The second-order valence-corrected chi connectivity index (χ2v) is 5.59. The molecule has 0 fully saturated rings. The standard InChI is InChI=1S/C13H19ClO/c1-9(13(2,3)4)12(15)10-5-7-11(14)8-6-10/h5-9,12,15H,1-4H3. The van der Waals surface area contributed by atoms with Crippen LogP contribution < -0.4 is 0 Å². The quantitative estimate of drug-likeness (QED) is 0.807. The molecule has 0 radical (unpaired) electrons. The van der Waals surface area contributed by atoms with Gasteiger partial charge in [-0.2, -0.15) is 0 Å². The average Bonchev–Trinajstić information content (AvgIpc) is 2.15. The number of halogens is 1. The Morgan fingerprint density at radius 1 is 1.13 bits per heavy atom. The van der Waals surface area contributed by atoms with Crippen LogP contribution in [0.25, 0.3) is 0 Å². The van der Waals surface area contributed by atoms with E-state index in [-0.39, 0.29) is 11.3 Å².